The zero-order valence-electron chi connectivity index (χ0n) is 12.4. The lowest BCUT2D eigenvalue weighted by molar-refractivity contribution is 0.112. The van der Waals surface area contributed by atoms with Gasteiger partial charge in [0.05, 0.1) is 5.69 Å². The molecule has 114 valence electrons. The number of rotatable bonds is 3. The summed E-state index contributed by atoms with van der Waals surface area (Å²) in [5.41, 5.74) is 1.95. The van der Waals surface area contributed by atoms with Crippen molar-refractivity contribution in [3.05, 3.63) is 28.2 Å². The number of hydrogen-bond acceptors (Lipinski definition) is 3. The lowest BCUT2D eigenvalue weighted by Crippen LogP contribution is -2.46. The van der Waals surface area contributed by atoms with Crippen LogP contribution in [0.4, 0.5) is 5.69 Å². The molecule has 4 heteroatoms. The molecule has 3 rings (SSSR count). The van der Waals surface area contributed by atoms with Crippen LogP contribution in [0.25, 0.3) is 0 Å². The van der Waals surface area contributed by atoms with Gasteiger partial charge in [0.1, 0.15) is 6.29 Å². The van der Waals surface area contributed by atoms with Crippen molar-refractivity contribution in [2.24, 2.45) is 0 Å². The van der Waals surface area contributed by atoms with E-state index in [1.165, 1.54) is 50.9 Å². The molecule has 0 radical (unpaired) electrons. The van der Waals surface area contributed by atoms with Gasteiger partial charge in [0.15, 0.2) is 0 Å². The first-order chi connectivity index (χ1) is 10.3. The Morgan fingerprint density at radius 2 is 1.76 bits per heavy atom. The van der Waals surface area contributed by atoms with E-state index in [1.54, 1.807) is 0 Å². The Morgan fingerprint density at radius 3 is 2.38 bits per heavy atom. The Morgan fingerprint density at radius 1 is 1.05 bits per heavy atom. The van der Waals surface area contributed by atoms with E-state index in [0.29, 0.717) is 0 Å². The summed E-state index contributed by atoms with van der Waals surface area (Å²) in [5, 5.41) is 0. The maximum Gasteiger partial charge on any atom is 0.150 e. The molecule has 0 amide bonds. The number of carbonyl (C=O) groups is 1. The molecule has 0 N–H and O–H groups in total. The molecule has 2 saturated heterocycles. The van der Waals surface area contributed by atoms with Gasteiger partial charge in [0.2, 0.25) is 0 Å². The van der Waals surface area contributed by atoms with E-state index in [4.69, 9.17) is 0 Å². The van der Waals surface area contributed by atoms with E-state index >= 15 is 0 Å². The van der Waals surface area contributed by atoms with Crippen molar-refractivity contribution >= 4 is 27.9 Å². The molecular weight excluding hydrogens is 328 g/mol. The average molecular weight is 351 g/mol. The van der Waals surface area contributed by atoms with Gasteiger partial charge in [-0.15, -0.1) is 0 Å². The van der Waals surface area contributed by atoms with Crippen molar-refractivity contribution in [2.75, 3.05) is 31.1 Å². The summed E-state index contributed by atoms with van der Waals surface area (Å²) in [6.07, 6.45) is 7.56. The summed E-state index contributed by atoms with van der Waals surface area (Å²) in [7, 11) is 0. The van der Waals surface area contributed by atoms with Gasteiger partial charge in [0.25, 0.3) is 0 Å². The van der Waals surface area contributed by atoms with E-state index < -0.39 is 0 Å². The monoisotopic (exact) mass is 350 g/mol. The molecule has 0 atom stereocenters. The first-order valence-electron chi connectivity index (χ1n) is 8.01. The van der Waals surface area contributed by atoms with Crippen LogP contribution in [0.15, 0.2) is 22.7 Å². The number of hydrogen-bond donors (Lipinski definition) is 0. The van der Waals surface area contributed by atoms with Crippen LogP contribution in [0.1, 0.15) is 42.5 Å². The second kappa shape index (κ2) is 6.93. The van der Waals surface area contributed by atoms with E-state index in [2.05, 4.69) is 31.8 Å². The van der Waals surface area contributed by atoms with Crippen LogP contribution in [0.2, 0.25) is 0 Å². The topological polar surface area (TPSA) is 23.6 Å². The van der Waals surface area contributed by atoms with E-state index in [1.807, 2.05) is 12.1 Å². The number of likely N-dealkylation sites (tertiary alicyclic amines) is 1. The lowest BCUT2D eigenvalue weighted by Gasteiger charge is -2.41. The Bertz CT molecular complexity index is 492. The third kappa shape index (κ3) is 3.49. The highest BCUT2D eigenvalue weighted by Crippen LogP contribution is 2.30. The molecule has 0 aliphatic carbocycles. The molecule has 0 saturated carbocycles. The summed E-state index contributed by atoms with van der Waals surface area (Å²) in [5.74, 6) is 0. The Balaban J connectivity index is 1.61. The van der Waals surface area contributed by atoms with Gasteiger partial charge in [-0.1, -0.05) is 6.42 Å². The highest BCUT2D eigenvalue weighted by atomic mass is 79.9. The molecule has 0 unspecified atom stereocenters. The predicted molar refractivity (Wildman–Crippen MR) is 90.2 cm³/mol. The SMILES string of the molecule is O=Cc1ccc(N2CCC(N3CCCCC3)CC2)c(Br)c1. The zero-order valence-corrected chi connectivity index (χ0v) is 14.0. The second-order valence-corrected chi connectivity index (χ2v) is 7.00. The average Bonchev–Trinajstić information content (AvgIpc) is 2.56. The summed E-state index contributed by atoms with van der Waals surface area (Å²) >= 11 is 3.60. The summed E-state index contributed by atoms with van der Waals surface area (Å²) in [6, 6.07) is 6.66. The highest BCUT2D eigenvalue weighted by Gasteiger charge is 2.26. The number of nitrogens with zero attached hydrogens (tertiary/aromatic N) is 2. The van der Waals surface area contributed by atoms with Gasteiger partial charge in [-0.05, 0) is 72.9 Å². The fourth-order valence-corrected chi connectivity index (χ4v) is 4.26. The fourth-order valence-electron chi connectivity index (χ4n) is 3.61. The van der Waals surface area contributed by atoms with E-state index in [0.717, 1.165) is 35.5 Å². The van der Waals surface area contributed by atoms with Gasteiger partial charge in [-0.25, -0.2) is 0 Å². The normalized spacial score (nSPS) is 21.5. The van der Waals surface area contributed by atoms with E-state index in [9.17, 15) is 4.79 Å². The first-order valence-corrected chi connectivity index (χ1v) is 8.81. The van der Waals surface area contributed by atoms with Crippen LogP contribution in [0.5, 0.6) is 0 Å². The molecule has 1 aromatic rings. The van der Waals surface area contributed by atoms with Crippen LogP contribution < -0.4 is 4.90 Å². The standard InChI is InChI=1S/C17H23BrN2O/c18-16-12-14(13-21)4-5-17(16)20-10-6-15(7-11-20)19-8-2-1-3-9-19/h4-5,12-13,15H,1-3,6-11H2. The molecule has 3 nitrogen and oxygen atoms in total. The van der Waals surface area contributed by atoms with Crippen LogP contribution in [0, 0.1) is 0 Å². The molecule has 0 bridgehead atoms. The maximum absolute atomic E-state index is 10.8. The minimum atomic E-state index is 0.730. The number of halogens is 1. The van der Waals surface area contributed by atoms with Crippen molar-refractivity contribution in [2.45, 2.75) is 38.1 Å². The van der Waals surface area contributed by atoms with Gasteiger partial charge in [-0.3, -0.25) is 4.79 Å². The first kappa shape index (κ1) is 15.0. The minimum absolute atomic E-state index is 0.730. The predicted octanol–water partition coefficient (Wildman–Crippen LogP) is 3.72. The van der Waals surface area contributed by atoms with Crippen LogP contribution >= 0.6 is 15.9 Å². The highest BCUT2D eigenvalue weighted by molar-refractivity contribution is 9.10. The van der Waals surface area contributed by atoms with Gasteiger partial charge < -0.3 is 9.80 Å². The Labute approximate surface area is 135 Å². The van der Waals surface area contributed by atoms with Crippen LogP contribution in [-0.4, -0.2) is 43.4 Å². The van der Waals surface area contributed by atoms with Crippen molar-refractivity contribution in [1.29, 1.82) is 0 Å². The van der Waals surface area contributed by atoms with Crippen molar-refractivity contribution in [3.8, 4) is 0 Å². The number of piperidine rings is 2. The smallest absolute Gasteiger partial charge is 0.150 e. The molecule has 2 heterocycles. The van der Waals surface area contributed by atoms with Crippen molar-refractivity contribution in [3.63, 3.8) is 0 Å². The Kier molecular flexibility index (Phi) is 4.96. The lowest BCUT2D eigenvalue weighted by atomic mass is 9.99. The van der Waals surface area contributed by atoms with Gasteiger partial charge in [0, 0.05) is 29.2 Å². The van der Waals surface area contributed by atoms with Crippen LogP contribution in [-0.2, 0) is 0 Å². The fraction of sp³-hybridized carbons (Fsp3) is 0.588. The number of aldehydes is 1. The quantitative estimate of drug-likeness (QED) is 0.776. The molecular formula is C17H23BrN2O. The summed E-state index contributed by atoms with van der Waals surface area (Å²) in [6.45, 7) is 4.81. The molecule has 2 aliphatic heterocycles. The van der Waals surface area contributed by atoms with Crippen molar-refractivity contribution in [1.82, 2.24) is 4.90 Å². The van der Waals surface area contributed by atoms with E-state index in [-0.39, 0.29) is 0 Å². The molecule has 0 spiro atoms. The third-order valence-electron chi connectivity index (χ3n) is 4.82. The maximum atomic E-state index is 10.8. The summed E-state index contributed by atoms with van der Waals surface area (Å²) < 4.78 is 1.03. The molecule has 1 aromatic carbocycles. The number of benzene rings is 1. The van der Waals surface area contributed by atoms with Gasteiger partial charge >= 0.3 is 0 Å². The summed E-state index contributed by atoms with van der Waals surface area (Å²) in [4.78, 5) is 16.0. The van der Waals surface area contributed by atoms with Gasteiger partial charge in [-0.2, -0.15) is 0 Å². The molecule has 2 fully saturated rings. The second-order valence-electron chi connectivity index (χ2n) is 6.14. The largest absolute Gasteiger partial charge is 0.371 e. The molecule has 2 aliphatic rings. The third-order valence-corrected chi connectivity index (χ3v) is 5.46. The molecule has 0 aromatic heterocycles. The Hall–Kier alpha value is -0.870. The zero-order chi connectivity index (χ0) is 14.7. The number of anilines is 1. The minimum Gasteiger partial charge on any atom is -0.371 e. The van der Waals surface area contributed by atoms with Crippen molar-refractivity contribution < 1.29 is 4.79 Å². The number of carbonyl (C=O) groups excluding carboxylic acids is 1. The molecule has 21 heavy (non-hydrogen) atoms. The van der Waals surface area contributed by atoms with Crippen LogP contribution in [0.3, 0.4) is 0 Å².